The summed E-state index contributed by atoms with van der Waals surface area (Å²) in [6, 6.07) is 3.75. The molecule has 1 aromatic carbocycles. The average Bonchev–Trinajstić information content (AvgIpc) is 2.74. The topological polar surface area (TPSA) is 45.2 Å². The van der Waals surface area contributed by atoms with Crippen LogP contribution in [0.4, 0.5) is 5.69 Å². The highest BCUT2D eigenvalue weighted by Gasteiger charge is 2.03. The van der Waals surface area contributed by atoms with Crippen LogP contribution in [-0.4, -0.2) is 10.1 Å². The zero-order valence-electron chi connectivity index (χ0n) is 9.32. The number of nitrogens with one attached hydrogen (secondary N) is 1. The van der Waals surface area contributed by atoms with Crippen LogP contribution in [0.3, 0.4) is 0 Å². The molecule has 2 rings (SSSR count). The molecule has 0 unspecified atom stereocenters. The maximum atomic E-state index is 9.54. The van der Waals surface area contributed by atoms with Crippen LogP contribution in [0.15, 0.2) is 23.8 Å². The van der Waals surface area contributed by atoms with E-state index in [9.17, 15) is 5.11 Å². The number of aryl methyl sites for hydroxylation is 2. The molecule has 0 saturated heterocycles. The van der Waals surface area contributed by atoms with E-state index in [0.717, 1.165) is 23.4 Å². The highest BCUT2D eigenvalue weighted by atomic mass is 32.1. The molecule has 16 heavy (non-hydrogen) atoms. The second-order valence-electron chi connectivity index (χ2n) is 3.77. The molecule has 2 aromatic rings. The molecule has 1 heterocycles. The molecule has 0 fully saturated rings. The molecule has 0 atom stereocenters. The molecule has 0 amide bonds. The Morgan fingerprint density at radius 3 is 2.81 bits per heavy atom. The number of hydrogen-bond donors (Lipinski definition) is 2. The van der Waals surface area contributed by atoms with E-state index in [0.29, 0.717) is 5.75 Å². The van der Waals surface area contributed by atoms with Crippen molar-refractivity contribution < 1.29 is 5.11 Å². The zero-order chi connectivity index (χ0) is 11.5. The highest BCUT2D eigenvalue weighted by Crippen LogP contribution is 2.25. The second kappa shape index (κ2) is 4.53. The molecule has 4 heteroatoms. The van der Waals surface area contributed by atoms with Gasteiger partial charge in [-0.2, -0.15) is 0 Å². The van der Waals surface area contributed by atoms with Crippen LogP contribution in [0.25, 0.3) is 0 Å². The normalized spacial score (nSPS) is 10.4. The Morgan fingerprint density at radius 1 is 1.31 bits per heavy atom. The molecule has 0 bridgehead atoms. The van der Waals surface area contributed by atoms with Crippen LogP contribution >= 0.6 is 11.3 Å². The molecule has 0 aliphatic rings. The van der Waals surface area contributed by atoms with E-state index in [-0.39, 0.29) is 0 Å². The summed E-state index contributed by atoms with van der Waals surface area (Å²) in [6.45, 7) is 4.65. The van der Waals surface area contributed by atoms with Crippen molar-refractivity contribution in [3.63, 3.8) is 0 Å². The van der Waals surface area contributed by atoms with E-state index < -0.39 is 0 Å². The molecule has 1 aromatic heterocycles. The molecule has 0 saturated carbocycles. The van der Waals surface area contributed by atoms with Crippen LogP contribution in [-0.2, 0) is 6.54 Å². The fourth-order valence-corrected chi connectivity index (χ4v) is 2.04. The van der Waals surface area contributed by atoms with E-state index in [1.165, 1.54) is 4.88 Å². The fourth-order valence-electron chi connectivity index (χ4n) is 1.50. The first-order valence-electron chi connectivity index (χ1n) is 5.08. The molecule has 84 valence electrons. The highest BCUT2D eigenvalue weighted by molar-refractivity contribution is 7.09. The van der Waals surface area contributed by atoms with E-state index >= 15 is 0 Å². The first-order chi connectivity index (χ1) is 7.66. The Kier molecular flexibility index (Phi) is 3.10. The lowest BCUT2D eigenvalue weighted by Gasteiger charge is -2.10. The third kappa shape index (κ3) is 2.33. The number of hydrogen-bond acceptors (Lipinski definition) is 4. The van der Waals surface area contributed by atoms with Crippen molar-refractivity contribution in [2.24, 2.45) is 0 Å². The van der Waals surface area contributed by atoms with Crippen LogP contribution in [0.1, 0.15) is 16.0 Å². The fraction of sp³-hybridized carbons (Fsp3) is 0.250. The van der Waals surface area contributed by atoms with Crippen molar-refractivity contribution in [2.75, 3.05) is 5.32 Å². The van der Waals surface area contributed by atoms with Gasteiger partial charge in [-0.1, -0.05) is 0 Å². The first-order valence-corrected chi connectivity index (χ1v) is 5.96. The number of phenols is 1. The maximum absolute atomic E-state index is 9.54. The van der Waals surface area contributed by atoms with Crippen molar-refractivity contribution in [1.82, 2.24) is 4.98 Å². The van der Waals surface area contributed by atoms with Gasteiger partial charge in [0.1, 0.15) is 5.75 Å². The summed E-state index contributed by atoms with van der Waals surface area (Å²) in [4.78, 5) is 5.23. The van der Waals surface area contributed by atoms with Gasteiger partial charge in [0.15, 0.2) is 0 Å². The number of benzene rings is 1. The van der Waals surface area contributed by atoms with E-state index in [1.807, 2.05) is 31.6 Å². The third-order valence-electron chi connectivity index (χ3n) is 2.48. The van der Waals surface area contributed by atoms with Crippen molar-refractivity contribution >= 4 is 17.0 Å². The van der Waals surface area contributed by atoms with Gasteiger partial charge >= 0.3 is 0 Å². The predicted octanol–water partition coefficient (Wildman–Crippen LogP) is 3.08. The van der Waals surface area contributed by atoms with Gasteiger partial charge in [0.2, 0.25) is 0 Å². The summed E-state index contributed by atoms with van der Waals surface area (Å²) < 4.78 is 0. The van der Waals surface area contributed by atoms with Gasteiger partial charge in [-0.3, -0.25) is 4.98 Å². The Balaban J connectivity index is 2.12. The molecule has 0 radical (unpaired) electrons. The van der Waals surface area contributed by atoms with Crippen molar-refractivity contribution in [3.8, 4) is 5.75 Å². The zero-order valence-corrected chi connectivity index (χ0v) is 10.1. The molecule has 0 aliphatic heterocycles. The molecule has 0 spiro atoms. The minimum Gasteiger partial charge on any atom is -0.508 e. The smallest absolute Gasteiger partial charge is 0.118 e. The largest absolute Gasteiger partial charge is 0.508 e. The average molecular weight is 234 g/mol. The van der Waals surface area contributed by atoms with Crippen molar-refractivity contribution in [2.45, 2.75) is 20.4 Å². The maximum Gasteiger partial charge on any atom is 0.118 e. The van der Waals surface area contributed by atoms with Crippen LogP contribution in [0.5, 0.6) is 5.75 Å². The summed E-state index contributed by atoms with van der Waals surface area (Å²) in [7, 11) is 0. The number of anilines is 1. The van der Waals surface area contributed by atoms with Gasteiger partial charge in [-0.05, 0) is 37.1 Å². The van der Waals surface area contributed by atoms with E-state index in [2.05, 4.69) is 10.3 Å². The summed E-state index contributed by atoms with van der Waals surface area (Å²) in [5.74, 6) is 0.348. The van der Waals surface area contributed by atoms with Gasteiger partial charge in [-0.15, -0.1) is 11.3 Å². The Labute approximate surface area is 98.8 Å². The standard InChI is InChI=1S/C12H14N2OS/c1-8-4-12(15)9(2)3-11(8)14-6-10-5-13-7-16-10/h3-5,7,14-15H,6H2,1-2H3. The van der Waals surface area contributed by atoms with Gasteiger partial charge in [0.25, 0.3) is 0 Å². The number of thiazole rings is 1. The lowest BCUT2D eigenvalue weighted by Crippen LogP contribution is -1.99. The Hall–Kier alpha value is -1.55. The monoisotopic (exact) mass is 234 g/mol. The van der Waals surface area contributed by atoms with Gasteiger partial charge in [-0.25, -0.2) is 0 Å². The number of nitrogens with zero attached hydrogens (tertiary/aromatic N) is 1. The molecular formula is C12H14N2OS. The predicted molar refractivity (Wildman–Crippen MR) is 67.0 cm³/mol. The van der Waals surface area contributed by atoms with E-state index in [1.54, 1.807) is 17.4 Å². The summed E-state index contributed by atoms with van der Waals surface area (Å²) in [5, 5.41) is 12.9. The lowest BCUT2D eigenvalue weighted by atomic mass is 10.1. The van der Waals surface area contributed by atoms with E-state index in [4.69, 9.17) is 0 Å². The quantitative estimate of drug-likeness (QED) is 0.802. The van der Waals surface area contributed by atoms with Crippen molar-refractivity contribution in [1.29, 1.82) is 0 Å². The van der Waals surface area contributed by atoms with Crippen LogP contribution in [0, 0.1) is 13.8 Å². The molecule has 3 nitrogen and oxygen atoms in total. The Morgan fingerprint density at radius 2 is 2.12 bits per heavy atom. The molecule has 2 N–H and O–H groups in total. The number of phenolic OH excluding ortho intramolecular Hbond substituents is 1. The van der Waals surface area contributed by atoms with Crippen LogP contribution in [0.2, 0.25) is 0 Å². The number of rotatable bonds is 3. The summed E-state index contributed by atoms with van der Waals surface area (Å²) in [6.07, 6.45) is 1.86. The second-order valence-corrected chi connectivity index (χ2v) is 4.75. The number of aromatic hydroxyl groups is 1. The minimum atomic E-state index is 0.348. The SMILES string of the molecule is Cc1cc(NCc2cncs2)c(C)cc1O. The van der Waals surface area contributed by atoms with Gasteiger partial charge in [0, 0.05) is 16.8 Å². The van der Waals surface area contributed by atoms with Crippen LogP contribution < -0.4 is 5.32 Å². The molecule has 0 aliphatic carbocycles. The van der Waals surface area contributed by atoms with Gasteiger partial charge in [0.05, 0.1) is 12.1 Å². The lowest BCUT2D eigenvalue weighted by molar-refractivity contribution is 0.471. The summed E-state index contributed by atoms with van der Waals surface area (Å²) in [5.41, 5.74) is 4.82. The summed E-state index contributed by atoms with van der Waals surface area (Å²) >= 11 is 1.63. The Bertz CT molecular complexity index is 480. The number of aromatic nitrogens is 1. The van der Waals surface area contributed by atoms with Gasteiger partial charge < -0.3 is 10.4 Å². The first kappa shape index (κ1) is 11.0. The minimum absolute atomic E-state index is 0.348. The third-order valence-corrected chi connectivity index (χ3v) is 3.26. The van der Waals surface area contributed by atoms with Crippen molar-refractivity contribution in [3.05, 3.63) is 39.8 Å². The molecular weight excluding hydrogens is 220 g/mol.